The Morgan fingerprint density at radius 2 is 1.72 bits per heavy atom. The maximum atomic E-state index is 12.7. The molecule has 1 atom stereocenters. The third-order valence-corrected chi connectivity index (χ3v) is 7.70. The van der Waals surface area contributed by atoms with Gasteiger partial charge < -0.3 is 18.8 Å². The molecular formula is C29H27N3O4. The van der Waals surface area contributed by atoms with Crippen molar-refractivity contribution in [2.24, 2.45) is 0 Å². The highest BCUT2D eigenvalue weighted by molar-refractivity contribution is 6.06. The van der Waals surface area contributed by atoms with Gasteiger partial charge in [-0.2, -0.15) is 0 Å². The monoisotopic (exact) mass is 481 g/mol. The Balaban J connectivity index is 1.12. The molecule has 4 aromatic rings. The Hall–Kier alpha value is -3.97. The summed E-state index contributed by atoms with van der Waals surface area (Å²) in [7, 11) is 1.71. The van der Waals surface area contributed by atoms with Gasteiger partial charge in [0.15, 0.2) is 0 Å². The second kappa shape index (κ2) is 8.31. The number of para-hydroxylation sites is 2. The van der Waals surface area contributed by atoms with Crippen molar-refractivity contribution in [1.82, 2.24) is 4.90 Å². The van der Waals surface area contributed by atoms with Gasteiger partial charge in [-0.25, -0.2) is 4.79 Å². The average Bonchev–Trinajstić information content (AvgIpc) is 3.25. The number of rotatable bonds is 4. The molecule has 7 rings (SSSR count). The molecule has 4 heterocycles. The van der Waals surface area contributed by atoms with E-state index in [0.29, 0.717) is 6.61 Å². The third kappa shape index (κ3) is 3.27. The van der Waals surface area contributed by atoms with Gasteiger partial charge in [-0.1, -0.05) is 36.4 Å². The fraction of sp³-hybridized carbons (Fsp3) is 0.276. The number of hydrogen-bond donors (Lipinski definition) is 0. The Morgan fingerprint density at radius 3 is 2.53 bits per heavy atom. The number of anilines is 2. The first-order valence-corrected chi connectivity index (χ1v) is 12.4. The molecule has 0 radical (unpaired) electrons. The Labute approximate surface area is 209 Å². The molecule has 3 aliphatic heterocycles. The number of cyclic esters (lactones) is 1. The van der Waals surface area contributed by atoms with Crippen molar-refractivity contribution in [3.05, 3.63) is 78.5 Å². The molecule has 36 heavy (non-hydrogen) atoms. The van der Waals surface area contributed by atoms with Crippen molar-refractivity contribution >= 4 is 39.4 Å². The van der Waals surface area contributed by atoms with Gasteiger partial charge in [0, 0.05) is 47.7 Å². The number of furan rings is 1. The van der Waals surface area contributed by atoms with E-state index in [1.165, 1.54) is 0 Å². The van der Waals surface area contributed by atoms with Gasteiger partial charge in [0.05, 0.1) is 18.5 Å². The highest BCUT2D eigenvalue weighted by Gasteiger charge is 2.37. The van der Waals surface area contributed by atoms with Gasteiger partial charge in [-0.15, -0.1) is 0 Å². The molecule has 3 aliphatic rings. The number of ether oxygens (including phenoxy) is 2. The maximum absolute atomic E-state index is 12.7. The predicted octanol–water partition coefficient (Wildman–Crippen LogP) is 5.88. The highest BCUT2D eigenvalue weighted by Crippen LogP contribution is 2.41. The largest absolute Gasteiger partial charge is 0.495 e. The SMILES string of the molecule is COc1cc2c(cc1N1C=CC1N1CCC(N3C(=O)OCc4ccccc43)CC1)oc1ccccc12. The minimum Gasteiger partial charge on any atom is -0.495 e. The first-order valence-electron chi connectivity index (χ1n) is 12.4. The number of hydrogen-bond acceptors (Lipinski definition) is 6. The van der Waals surface area contributed by atoms with Crippen LogP contribution < -0.4 is 14.5 Å². The molecule has 1 amide bonds. The lowest BCUT2D eigenvalue weighted by atomic mass is 9.99. The number of carbonyl (C=O) groups excluding carboxylic acids is 1. The van der Waals surface area contributed by atoms with E-state index in [1.54, 1.807) is 7.11 Å². The van der Waals surface area contributed by atoms with E-state index in [-0.39, 0.29) is 18.3 Å². The summed E-state index contributed by atoms with van der Waals surface area (Å²) in [6.07, 6.45) is 6.00. The van der Waals surface area contributed by atoms with Crippen LogP contribution in [0.25, 0.3) is 21.9 Å². The summed E-state index contributed by atoms with van der Waals surface area (Å²) in [5, 5.41) is 2.15. The summed E-state index contributed by atoms with van der Waals surface area (Å²) in [6.45, 7) is 2.12. The van der Waals surface area contributed by atoms with Crippen molar-refractivity contribution < 1.29 is 18.7 Å². The zero-order valence-corrected chi connectivity index (χ0v) is 20.1. The lowest BCUT2D eigenvalue weighted by Crippen LogP contribution is -2.56. The van der Waals surface area contributed by atoms with E-state index in [2.05, 4.69) is 40.3 Å². The number of carbonyl (C=O) groups is 1. The van der Waals surface area contributed by atoms with E-state index in [1.807, 2.05) is 47.4 Å². The molecule has 7 nitrogen and oxygen atoms in total. The molecular weight excluding hydrogens is 454 g/mol. The minimum absolute atomic E-state index is 0.133. The molecule has 1 saturated heterocycles. The van der Waals surface area contributed by atoms with Crippen LogP contribution in [0.2, 0.25) is 0 Å². The number of amides is 1. The predicted molar refractivity (Wildman–Crippen MR) is 139 cm³/mol. The van der Waals surface area contributed by atoms with Gasteiger partial charge in [0.25, 0.3) is 0 Å². The molecule has 182 valence electrons. The zero-order chi connectivity index (χ0) is 24.2. The number of benzene rings is 3. The van der Waals surface area contributed by atoms with Crippen LogP contribution in [0, 0.1) is 0 Å². The van der Waals surface area contributed by atoms with Crippen LogP contribution in [0.4, 0.5) is 16.2 Å². The number of piperidine rings is 1. The van der Waals surface area contributed by atoms with Gasteiger partial charge in [-0.3, -0.25) is 9.80 Å². The Morgan fingerprint density at radius 1 is 0.917 bits per heavy atom. The third-order valence-electron chi connectivity index (χ3n) is 7.70. The second-order valence-electron chi connectivity index (χ2n) is 9.60. The van der Waals surface area contributed by atoms with Crippen molar-refractivity contribution in [3.8, 4) is 5.75 Å². The first kappa shape index (κ1) is 21.3. The van der Waals surface area contributed by atoms with Gasteiger partial charge >= 0.3 is 6.09 Å². The summed E-state index contributed by atoms with van der Waals surface area (Å²) < 4.78 is 17.4. The van der Waals surface area contributed by atoms with Crippen LogP contribution >= 0.6 is 0 Å². The van der Waals surface area contributed by atoms with Crippen LogP contribution in [-0.2, 0) is 11.3 Å². The van der Waals surface area contributed by atoms with Crippen LogP contribution in [0.3, 0.4) is 0 Å². The van der Waals surface area contributed by atoms with E-state index >= 15 is 0 Å². The van der Waals surface area contributed by atoms with Crippen molar-refractivity contribution in [2.45, 2.75) is 31.7 Å². The van der Waals surface area contributed by atoms with E-state index in [0.717, 1.165) is 70.6 Å². The number of fused-ring (bicyclic) bond motifs is 4. The van der Waals surface area contributed by atoms with Crippen LogP contribution in [0.15, 0.2) is 77.4 Å². The highest BCUT2D eigenvalue weighted by atomic mass is 16.6. The molecule has 1 fully saturated rings. The number of methoxy groups -OCH3 is 1. The number of likely N-dealkylation sites (tertiary alicyclic amines) is 1. The fourth-order valence-electron chi connectivity index (χ4n) is 5.81. The normalized spacial score (nSPS) is 20.5. The first-order chi connectivity index (χ1) is 17.7. The van der Waals surface area contributed by atoms with Gasteiger partial charge in [0.2, 0.25) is 0 Å². The van der Waals surface area contributed by atoms with Gasteiger partial charge in [-0.05, 0) is 37.1 Å². The molecule has 0 bridgehead atoms. The average molecular weight is 482 g/mol. The van der Waals surface area contributed by atoms with Crippen molar-refractivity contribution in [1.29, 1.82) is 0 Å². The lowest BCUT2D eigenvalue weighted by molar-refractivity contribution is 0.127. The van der Waals surface area contributed by atoms with Crippen molar-refractivity contribution in [2.75, 3.05) is 30.0 Å². The van der Waals surface area contributed by atoms with Crippen LogP contribution in [-0.4, -0.2) is 43.4 Å². The summed E-state index contributed by atoms with van der Waals surface area (Å²) in [5.41, 5.74) is 4.78. The van der Waals surface area contributed by atoms with Gasteiger partial charge in [0.1, 0.15) is 29.7 Å². The summed E-state index contributed by atoms with van der Waals surface area (Å²) in [6, 6.07) is 20.4. The standard InChI is InChI=1S/C29H27N3O4/c1-34-27-16-22-21-7-3-5-9-25(21)36-26(22)17-24(27)31-15-12-28(31)30-13-10-20(11-14-30)32-23-8-4-2-6-19(23)18-35-29(32)33/h2-9,12,15-17,20,28H,10-11,13-14,18H2,1H3. The van der Waals surface area contributed by atoms with E-state index in [4.69, 9.17) is 13.9 Å². The molecule has 1 unspecified atom stereocenters. The molecule has 0 N–H and O–H groups in total. The zero-order valence-electron chi connectivity index (χ0n) is 20.1. The van der Waals surface area contributed by atoms with Crippen molar-refractivity contribution in [3.63, 3.8) is 0 Å². The molecule has 7 heteroatoms. The molecule has 0 aliphatic carbocycles. The second-order valence-corrected chi connectivity index (χ2v) is 9.60. The van der Waals surface area contributed by atoms with Crippen LogP contribution in [0.1, 0.15) is 18.4 Å². The van der Waals surface area contributed by atoms with E-state index in [9.17, 15) is 4.79 Å². The summed E-state index contributed by atoms with van der Waals surface area (Å²) >= 11 is 0. The topological polar surface area (TPSA) is 58.4 Å². The smallest absolute Gasteiger partial charge is 0.414 e. The molecule has 3 aromatic carbocycles. The molecule has 0 spiro atoms. The summed E-state index contributed by atoms with van der Waals surface area (Å²) in [5.74, 6) is 0.825. The Bertz CT molecular complexity index is 1500. The minimum atomic E-state index is -0.235. The number of nitrogens with zero attached hydrogens (tertiary/aromatic N) is 3. The van der Waals surface area contributed by atoms with E-state index < -0.39 is 0 Å². The van der Waals surface area contributed by atoms with Crippen LogP contribution in [0.5, 0.6) is 5.75 Å². The lowest BCUT2D eigenvalue weighted by Gasteiger charge is -2.47. The Kier molecular flexibility index (Phi) is 4.92. The fourth-order valence-corrected chi connectivity index (χ4v) is 5.81. The maximum Gasteiger partial charge on any atom is 0.414 e. The molecule has 0 saturated carbocycles. The summed E-state index contributed by atoms with van der Waals surface area (Å²) in [4.78, 5) is 19.2. The quantitative estimate of drug-likeness (QED) is 0.363. The molecule has 1 aromatic heterocycles.